The number of allylic oxidation sites excluding steroid dienone is 1. The summed E-state index contributed by atoms with van der Waals surface area (Å²) in [6.07, 6.45) is 1.19. The molecule has 0 saturated heterocycles. The van der Waals surface area contributed by atoms with Gasteiger partial charge in [0.15, 0.2) is 0 Å². The Hall–Kier alpha value is -1.34. The molecule has 8 heavy (non-hydrogen) atoms. The van der Waals surface area contributed by atoms with E-state index >= 15 is 0 Å². The molecule has 0 aromatic heterocycles. The van der Waals surface area contributed by atoms with Crippen molar-refractivity contribution in [2.75, 3.05) is 0 Å². The van der Waals surface area contributed by atoms with Crippen LogP contribution in [0.3, 0.4) is 0 Å². The zero-order chi connectivity index (χ0) is 5.98. The lowest BCUT2D eigenvalue weighted by molar-refractivity contribution is -0.109. The minimum atomic E-state index is -0.167. The Bertz CT molecular complexity index is 198. The highest BCUT2D eigenvalue weighted by molar-refractivity contribution is 6.36. The zero-order valence-electron chi connectivity index (χ0n) is 4.14. The molecule has 1 aliphatic rings. The van der Waals surface area contributed by atoms with Gasteiger partial charge in [0.1, 0.15) is 5.70 Å². The van der Waals surface area contributed by atoms with Crippen molar-refractivity contribution in [3.05, 3.63) is 18.0 Å². The fourth-order valence-corrected chi connectivity index (χ4v) is 0.402. The largest absolute Gasteiger partial charge is 0.285 e. The van der Waals surface area contributed by atoms with Gasteiger partial charge in [-0.2, -0.15) is 5.10 Å². The van der Waals surface area contributed by atoms with E-state index in [0.29, 0.717) is 5.70 Å². The predicted octanol–water partition coefficient (Wildman–Crippen LogP) is -0.187. The molecule has 0 aromatic rings. The average molecular weight is 108 g/mol. The fraction of sp³-hybridized carbons (Fsp3) is 0. The molecule has 1 aliphatic heterocycles. The quantitative estimate of drug-likeness (QED) is 0.345. The molecule has 3 nitrogen and oxygen atoms in total. The first-order valence-electron chi connectivity index (χ1n) is 2.08. The van der Waals surface area contributed by atoms with Crippen molar-refractivity contribution < 1.29 is 4.79 Å². The number of Topliss-reactive ketones (excluding diaryl/α,β-unsaturated/α-hetero) is 1. The van der Waals surface area contributed by atoms with Gasteiger partial charge in [-0.15, -0.1) is 0 Å². The number of carbonyl (C=O) groups excluding carboxylic acids is 1. The number of nitrogens with zero attached hydrogens (tertiary/aromatic N) is 1. The fourth-order valence-electron chi connectivity index (χ4n) is 0.402. The van der Waals surface area contributed by atoms with Crippen LogP contribution in [0.4, 0.5) is 0 Å². The van der Waals surface area contributed by atoms with Gasteiger partial charge in [-0.05, 0) is 0 Å². The first-order chi connectivity index (χ1) is 3.84. The van der Waals surface area contributed by atoms with Gasteiger partial charge in [0.25, 0.3) is 0 Å². The van der Waals surface area contributed by atoms with Crippen LogP contribution in [0.15, 0.2) is 23.1 Å². The van der Waals surface area contributed by atoms with Crippen molar-refractivity contribution in [2.24, 2.45) is 5.10 Å². The van der Waals surface area contributed by atoms with E-state index in [0.717, 1.165) is 0 Å². The van der Waals surface area contributed by atoms with Crippen molar-refractivity contribution in [3.63, 3.8) is 0 Å². The molecular weight excluding hydrogens is 104 g/mol. The van der Waals surface area contributed by atoms with Gasteiger partial charge in [-0.25, -0.2) is 0 Å². The first-order valence-corrected chi connectivity index (χ1v) is 2.08. The highest BCUT2D eigenvalue weighted by Crippen LogP contribution is 1.91. The average Bonchev–Trinajstić information content (AvgIpc) is 2.14. The van der Waals surface area contributed by atoms with Crippen LogP contribution in [-0.4, -0.2) is 12.0 Å². The summed E-state index contributed by atoms with van der Waals surface area (Å²) in [6.45, 7) is 3.27. The summed E-state index contributed by atoms with van der Waals surface area (Å²) >= 11 is 0. The van der Waals surface area contributed by atoms with E-state index < -0.39 is 0 Å². The van der Waals surface area contributed by atoms with Gasteiger partial charge < -0.3 is 0 Å². The molecule has 0 aliphatic carbocycles. The third kappa shape index (κ3) is 0.549. The van der Waals surface area contributed by atoms with E-state index in [1.807, 2.05) is 0 Å². The molecule has 1 heterocycles. The second-order valence-electron chi connectivity index (χ2n) is 1.29. The standard InChI is InChI=1S/C5H4N2O/c1-2-4-5(8)3-6-7-4/h3,7H,1H2. The number of ketones is 1. The molecular formula is C5H4N2O. The number of rotatable bonds is 0. The van der Waals surface area contributed by atoms with Crippen molar-refractivity contribution >= 4 is 12.0 Å². The van der Waals surface area contributed by atoms with E-state index in [9.17, 15) is 4.79 Å². The molecule has 0 fully saturated rings. The summed E-state index contributed by atoms with van der Waals surface area (Å²) in [5.74, 6) is -0.167. The lowest BCUT2D eigenvalue weighted by Crippen LogP contribution is -2.04. The summed E-state index contributed by atoms with van der Waals surface area (Å²) in [4.78, 5) is 10.5. The molecule has 3 heteroatoms. The van der Waals surface area contributed by atoms with Crippen LogP contribution >= 0.6 is 0 Å². The van der Waals surface area contributed by atoms with E-state index in [1.165, 1.54) is 6.21 Å². The van der Waals surface area contributed by atoms with Gasteiger partial charge in [0, 0.05) is 0 Å². The highest BCUT2D eigenvalue weighted by Gasteiger charge is 2.08. The molecule has 0 atom stereocenters. The summed E-state index contributed by atoms with van der Waals surface area (Å²) < 4.78 is 0. The molecule has 0 amide bonds. The van der Waals surface area contributed by atoms with Crippen LogP contribution in [0.1, 0.15) is 0 Å². The summed E-state index contributed by atoms with van der Waals surface area (Å²) in [7, 11) is 0. The van der Waals surface area contributed by atoms with Crippen LogP contribution in [-0.2, 0) is 4.79 Å². The Morgan fingerprint density at radius 1 is 1.88 bits per heavy atom. The summed E-state index contributed by atoms with van der Waals surface area (Å²) in [6, 6.07) is 0. The van der Waals surface area contributed by atoms with Gasteiger partial charge >= 0.3 is 0 Å². The number of nitrogens with one attached hydrogen (secondary N) is 1. The number of hydrogen-bond acceptors (Lipinski definition) is 3. The molecule has 40 valence electrons. The third-order valence-corrected chi connectivity index (χ3v) is 0.781. The van der Waals surface area contributed by atoms with Crippen LogP contribution in [0, 0.1) is 0 Å². The van der Waals surface area contributed by atoms with Crippen molar-refractivity contribution in [1.29, 1.82) is 0 Å². The van der Waals surface area contributed by atoms with E-state index in [1.54, 1.807) is 0 Å². The monoisotopic (exact) mass is 108 g/mol. The molecule has 0 unspecified atom stereocenters. The van der Waals surface area contributed by atoms with Crippen molar-refractivity contribution in [2.45, 2.75) is 0 Å². The highest BCUT2D eigenvalue weighted by atomic mass is 16.1. The van der Waals surface area contributed by atoms with Crippen molar-refractivity contribution in [3.8, 4) is 0 Å². The van der Waals surface area contributed by atoms with Gasteiger partial charge in [-0.1, -0.05) is 12.3 Å². The zero-order valence-corrected chi connectivity index (χ0v) is 4.14. The van der Waals surface area contributed by atoms with Crippen LogP contribution in [0.2, 0.25) is 0 Å². The van der Waals surface area contributed by atoms with E-state index in [-0.39, 0.29) is 5.78 Å². The maximum absolute atomic E-state index is 10.5. The number of hydrogen-bond donors (Lipinski definition) is 1. The molecule has 0 radical (unpaired) electrons. The second kappa shape index (κ2) is 1.64. The minimum absolute atomic E-state index is 0.167. The molecule has 0 bridgehead atoms. The second-order valence-corrected chi connectivity index (χ2v) is 1.29. The van der Waals surface area contributed by atoms with Crippen molar-refractivity contribution in [1.82, 2.24) is 5.43 Å². The molecule has 0 spiro atoms. The normalized spacial score (nSPS) is 16.0. The maximum atomic E-state index is 10.5. The lowest BCUT2D eigenvalue weighted by atomic mass is 10.3. The van der Waals surface area contributed by atoms with Gasteiger partial charge in [0.05, 0.1) is 6.21 Å². The van der Waals surface area contributed by atoms with Crippen LogP contribution < -0.4 is 5.43 Å². The Morgan fingerprint density at radius 2 is 2.62 bits per heavy atom. The molecule has 0 aromatic carbocycles. The Kier molecular flexibility index (Phi) is 0.985. The first kappa shape index (κ1) is 4.81. The Morgan fingerprint density at radius 3 is 2.88 bits per heavy atom. The lowest BCUT2D eigenvalue weighted by Gasteiger charge is -1.83. The summed E-state index contributed by atoms with van der Waals surface area (Å²) in [5, 5.41) is 3.45. The van der Waals surface area contributed by atoms with Gasteiger partial charge in [-0.3, -0.25) is 10.2 Å². The smallest absolute Gasteiger partial charge is 0.231 e. The molecule has 1 N–H and O–H groups in total. The maximum Gasteiger partial charge on any atom is 0.231 e. The Labute approximate surface area is 46.4 Å². The Balaban J connectivity index is 2.95. The molecule has 1 rings (SSSR count). The minimum Gasteiger partial charge on any atom is -0.285 e. The van der Waals surface area contributed by atoms with E-state index in [4.69, 9.17) is 0 Å². The predicted molar refractivity (Wildman–Crippen MR) is 29.3 cm³/mol. The third-order valence-electron chi connectivity index (χ3n) is 0.781. The topological polar surface area (TPSA) is 41.5 Å². The number of carbonyl (C=O) groups is 1. The van der Waals surface area contributed by atoms with E-state index in [2.05, 4.69) is 22.8 Å². The summed E-state index contributed by atoms with van der Waals surface area (Å²) in [5.41, 5.74) is 5.14. The molecule has 0 saturated carbocycles. The van der Waals surface area contributed by atoms with Gasteiger partial charge in [0.2, 0.25) is 5.78 Å². The SMILES string of the molecule is C=C=C1NN=CC1=O. The van der Waals surface area contributed by atoms with Crippen LogP contribution in [0.25, 0.3) is 0 Å². The number of hydrazone groups is 1. The van der Waals surface area contributed by atoms with Crippen LogP contribution in [0.5, 0.6) is 0 Å².